The van der Waals surface area contributed by atoms with Crippen LogP contribution >= 0.6 is 5.69 Å². The smallest absolute Gasteiger partial charge is 0.305 e. The van der Waals surface area contributed by atoms with E-state index in [4.69, 9.17) is 14.0 Å². The van der Waals surface area contributed by atoms with E-state index < -0.39 is 16.5 Å². The number of rotatable bonds is 4. The Morgan fingerprint density at radius 2 is 2.00 bits per heavy atom. The second kappa shape index (κ2) is 4.70. The van der Waals surface area contributed by atoms with Gasteiger partial charge >= 0.3 is 5.69 Å². The quantitative estimate of drug-likeness (QED) is 0.524. The summed E-state index contributed by atoms with van der Waals surface area (Å²) in [6.07, 6.45) is 0. The van der Waals surface area contributed by atoms with Crippen molar-refractivity contribution in [2.75, 3.05) is 12.4 Å². The summed E-state index contributed by atoms with van der Waals surface area (Å²) in [5.74, 6) is 0.581. The maximum Gasteiger partial charge on any atom is 0.428 e. The standard InChI is InChI=1S/C4H11O3PS2/c1-3-7-10(4-2)8(5,6)9/h3-4H2,1-2H3,(H-,5,6,9)/p+1. The summed E-state index contributed by atoms with van der Waals surface area (Å²) in [5, 5.41) is 0. The van der Waals surface area contributed by atoms with E-state index in [1.807, 2.05) is 6.92 Å². The molecule has 1 unspecified atom stereocenters. The second-order valence-corrected chi connectivity index (χ2v) is 8.91. The van der Waals surface area contributed by atoms with Crippen LogP contribution in [-0.2, 0) is 26.8 Å². The maximum absolute atomic E-state index is 8.98. The van der Waals surface area contributed by atoms with Gasteiger partial charge < -0.3 is 9.79 Å². The summed E-state index contributed by atoms with van der Waals surface area (Å²) in [5.41, 5.74) is -3.15. The Hall–Kier alpha value is 0.880. The molecule has 6 heteroatoms. The van der Waals surface area contributed by atoms with Crippen molar-refractivity contribution in [1.82, 2.24) is 0 Å². The van der Waals surface area contributed by atoms with Gasteiger partial charge in [-0.25, -0.2) is 0 Å². The second-order valence-electron chi connectivity index (χ2n) is 1.51. The van der Waals surface area contributed by atoms with E-state index in [0.717, 1.165) is 0 Å². The molecule has 1 atom stereocenters. The first-order valence-corrected chi connectivity index (χ1v) is 7.56. The van der Waals surface area contributed by atoms with Gasteiger partial charge in [-0.3, -0.25) is 0 Å². The molecule has 2 N–H and O–H groups in total. The van der Waals surface area contributed by atoms with Crippen molar-refractivity contribution in [3.8, 4) is 0 Å². The summed E-state index contributed by atoms with van der Waals surface area (Å²) >= 11 is 4.48. The van der Waals surface area contributed by atoms with Crippen molar-refractivity contribution in [2.45, 2.75) is 13.8 Å². The molecule has 0 saturated carbocycles. The number of hydrogen-bond acceptors (Lipinski definition) is 2. The lowest BCUT2D eigenvalue weighted by atomic mass is 10.9. The van der Waals surface area contributed by atoms with E-state index in [1.54, 1.807) is 6.92 Å². The molecule has 3 nitrogen and oxygen atoms in total. The zero-order valence-electron chi connectivity index (χ0n) is 5.98. The van der Waals surface area contributed by atoms with Crippen LogP contribution in [0.3, 0.4) is 0 Å². The average molecular weight is 203 g/mol. The summed E-state index contributed by atoms with van der Waals surface area (Å²) in [4.78, 5) is 18.0. The fourth-order valence-electron chi connectivity index (χ4n) is 0.456. The minimum atomic E-state index is -3.15. The molecule has 0 aromatic rings. The highest BCUT2D eigenvalue weighted by Crippen LogP contribution is 2.46. The van der Waals surface area contributed by atoms with E-state index in [0.29, 0.717) is 12.4 Å². The Kier molecular flexibility index (Phi) is 5.11. The van der Waals surface area contributed by atoms with Gasteiger partial charge in [0, 0.05) is 11.8 Å². The Labute approximate surface area is 68.9 Å². The fraction of sp³-hybridized carbons (Fsp3) is 1.00. The third kappa shape index (κ3) is 3.91. The molecule has 0 aromatic heterocycles. The van der Waals surface area contributed by atoms with Crippen LogP contribution in [0.1, 0.15) is 13.8 Å². The monoisotopic (exact) mass is 203 g/mol. The van der Waals surface area contributed by atoms with Crippen molar-refractivity contribution < 1.29 is 14.0 Å². The first-order chi connectivity index (χ1) is 4.52. The van der Waals surface area contributed by atoms with E-state index >= 15 is 0 Å². The van der Waals surface area contributed by atoms with Crippen molar-refractivity contribution in [3.05, 3.63) is 0 Å². The minimum Gasteiger partial charge on any atom is -0.305 e. The SMILES string of the molecule is CCO[S+](CC)P(O)(O)=S. The van der Waals surface area contributed by atoms with Gasteiger partial charge in [0.15, 0.2) is 0 Å². The molecular formula is C4H12O3PS2+. The molecule has 62 valence electrons. The molecule has 0 aliphatic heterocycles. The van der Waals surface area contributed by atoms with Crippen molar-refractivity contribution in [2.24, 2.45) is 0 Å². The molecule has 0 heterocycles. The molecule has 0 aromatic carbocycles. The Balaban J connectivity index is 3.94. The van der Waals surface area contributed by atoms with Gasteiger partial charge in [0.2, 0.25) is 10.8 Å². The van der Waals surface area contributed by atoms with Crippen LogP contribution in [0.4, 0.5) is 0 Å². The Morgan fingerprint density at radius 3 is 2.10 bits per heavy atom. The van der Waals surface area contributed by atoms with E-state index in [9.17, 15) is 0 Å². The van der Waals surface area contributed by atoms with Gasteiger partial charge in [-0.05, 0) is 13.8 Å². The topological polar surface area (TPSA) is 49.7 Å². The highest BCUT2D eigenvalue weighted by atomic mass is 33.0. The molecule has 10 heavy (non-hydrogen) atoms. The van der Waals surface area contributed by atoms with Crippen LogP contribution in [0, 0.1) is 0 Å². The molecule has 0 amide bonds. The molecular weight excluding hydrogens is 191 g/mol. The van der Waals surface area contributed by atoms with Crippen LogP contribution in [0.25, 0.3) is 0 Å². The van der Waals surface area contributed by atoms with Crippen LogP contribution < -0.4 is 0 Å². The third-order valence-corrected chi connectivity index (χ3v) is 6.48. The largest absolute Gasteiger partial charge is 0.428 e. The normalized spacial score (nSPS) is 15.2. The summed E-state index contributed by atoms with van der Waals surface area (Å²) in [7, 11) is -0.812. The highest BCUT2D eigenvalue weighted by molar-refractivity contribution is 8.63. The fourth-order valence-corrected chi connectivity index (χ4v) is 4.44. The van der Waals surface area contributed by atoms with Crippen LogP contribution in [-0.4, -0.2) is 22.1 Å². The van der Waals surface area contributed by atoms with Gasteiger partial charge in [0.1, 0.15) is 12.4 Å². The summed E-state index contributed by atoms with van der Waals surface area (Å²) in [6, 6.07) is 0. The van der Waals surface area contributed by atoms with Gasteiger partial charge in [-0.2, -0.15) is 4.18 Å². The van der Waals surface area contributed by atoms with E-state index in [2.05, 4.69) is 11.8 Å². The predicted octanol–water partition coefficient (Wildman–Crippen LogP) is 0.785. The predicted molar refractivity (Wildman–Crippen MR) is 48.3 cm³/mol. The lowest BCUT2D eigenvalue weighted by molar-refractivity contribution is 0.388. The molecule has 0 aliphatic rings. The lowest BCUT2D eigenvalue weighted by Crippen LogP contribution is -2.08. The van der Waals surface area contributed by atoms with Crippen molar-refractivity contribution >= 4 is 28.3 Å². The van der Waals surface area contributed by atoms with E-state index in [1.165, 1.54) is 0 Å². The molecule has 0 spiro atoms. The van der Waals surface area contributed by atoms with Crippen molar-refractivity contribution in [3.63, 3.8) is 0 Å². The summed E-state index contributed by atoms with van der Waals surface area (Å²) < 4.78 is 5.03. The summed E-state index contributed by atoms with van der Waals surface area (Å²) in [6.45, 7) is 4.11. The molecule has 0 rings (SSSR count). The van der Waals surface area contributed by atoms with Crippen LogP contribution in [0.15, 0.2) is 0 Å². The molecule has 0 saturated heterocycles. The number of hydrogen-bond donors (Lipinski definition) is 2. The molecule has 0 aliphatic carbocycles. The van der Waals surface area contributed by atoms with Gasteiger partial charge in [-0.15, -0.1) is 0 Å². The maximum atomic E-state index is 8.98. The van der Waals surface area contributed by atoms with Crippen LogP contribution in [0.2, 0.25) is 0 Å². The first kappa shape index (κ1) is 10.9. The van der Waals surface area contributed by atoms with E-state index in [-0.39, 0.29) is 0 Å². The average Bonchev–Trinajstić information content (AvgIpc) is 1.80. The minimum absolute atomic E-state index is 0.483. The zero-order chi connectivity index (χ0) is 8.20. The van der Waals surface area contributed by atoms with Gasteiger partial charge in [0.25, 0.3) is 0 Å². The molecule has 0 fully saturated rings. The Bertz CT molecular complexity index is 134. The van der Waals surface area contributed by atoms with Crippen LogP contribution in [0.5, 0.6) is 0 Å². The first-order valence-electron chi connectivity index (χ1n) is 2.92. The zero-order valence-corrected chi connectivity index (χ0v) is 8.51. The lowest BCUT2D eigenvalue weighted by Gasteiger charge is -2.05. The molecule has 0 bridgehead atoms. The third-order valence-electron chi connectivity index (χ3n) is 0.766. The van der Waals surface area contributed by atoms with Crippen molar-refractivity contribution in [1.29, 1.82) is 0 Å². The highest BCUT2D eigenvalue weighted by Gasteiger charge is 2.35. The van der Waals surface area contributed by atoms with Gasteiger partial charge in [-0.1, -0.05) is 0 Å². The molecule has 0 radical (unpaired) electrons. The Morgan fingerprint density at radius 1 is 1.50 bits per heavy atom. The van der Waals surface area contributed by atoms with Gasteiger partial charge in [0.05, 0.1) is 0 Å².